The van der Waals surface area contributed by atoms with E-state index in [-0.39, 0.29) is 17.4 Å². The zero-order chi connectivity index (χ0) is 14.5. The van der Waals surface area contributed by atoms with E-state index >= 15 is 0 Å². The van der Waals surface area contributed by atoms with Crippen molar-refractivity contribution in [1.82, 2.24) is 5.32 Å². The van der Waals surface area contributed by atoms with Crippen LogP contribution in [0, 0.1) is 0 Å². The Kier molecular flexibility index (Phi) is 5.34. The zero-order valence-corrected chi connectivity index (χ0v) is 12.7. The van der Waals surface area contributed by atoms with Crippen LogP contribution in [0.2, 0.25) is 0 Å². The highest BCUT2D eigenvalue weighted by atomic mass is 16.1. The summed E-state index contributed by atoms with van der Waals surface area (Å²) in [5.41, 5.74) is 2.51. The maximum absolute atomic E-state index is 11.6. The molecular weight excluding hydrogens is 234 g/mol. The molecule has 0 aromatic heterocycles. The lowest BCUT2D eigenvalue weighted by Gasteiger charge is -2.18. The molecule has 1 aromatic carbocycles. The Morgan fingerprint density at radius 3 is 2.32 bits per heavy atom. The molecule has 0 spiro atoms. The molecule has 0 saturated carbocycles. The van der Waals surface area contributed by atoms with Crippen molar-refractivity contribution in [1.29, 1.82) is 0 Å². The van der Waals surface area contributed by atoms with Gasteiger partial charge >= 0.3 is 0 Å². The van der Waals surface area contributed by atoms with Crippen LogP contribution in [0.4, 0.5) is 0 Å². The second-order valence-corrected chi connectivity index (χ2v) is 6.02. The van der Waals surface area contributed by atoms with E-state index in [0.717, 1.165) is 12.0 Å². The second kappa shape index (κ2) is 6.55. The minimum Gasteiger partial charge on any atom is -0.350 e. The Bertz CT molecular complexity index is 437. The van der Waals surface area contributed by atoms with E-state index in [1.165, 1.54) is 5.56 Å². The van der Waals surface area contributed by atoms with Gasteiger partial charge in [0.15, 0.2) is 0 Å². The van der Waals surface area contributed by atoms with Gasteiger partial charge in [-0.1, -0.05) is 52.0 Å². The standard InChI is InChI=1S/C17H25NO/c1-6-13(2)18-16(19)12-9-14-7-10-15(11-8-14)17(3,4)5/h7-13H,6H2,1-5H3,(H,18,19)/b12-9+. The van der Waals surface area contributed by atoms with E-state index < -0.39 is 0 Å². The lowest BCUT2D eigenvalue weighted by molar-refractivity contribution is -0.117. The van der Waals surface area contributed by atoms with Crippen LogP contribution in [0.15, 0.2) is 30.3 Å². The summed E-state index contributed by atoms with van der Waals surface area (Å²) in [5.74, 6) is -0.0331. The van der Waals surface area contributed by atoms with Crippen LogP contribution in [0.3, 0.4) is 0 Å². The van der Waals surface area contributed by atoms with Crippen molar-refractivity contribution in [2.75, 3.05) is 0 Å². The molecule has 1 atom stereocenters. The summed E-state index contributed by atoms with van der Waals surface area (Å²) in [7, 11) is 0. The number of nitrogens with one attached hydrogen (secondary N) is 1. The lowest BCUT2D eigenvalue weighted by atomic mass is 9.87. The largest absolute Gasteiger partial charge is 0.350 e. The maximum Gasteiger partial charge on any atom is 0.244 e. The van der Waals surface area contributed by atoms with Crippen LogP contribution in [0.25, 0.3) is 6.08 Å². The number of amides is 1. The Balaban J connectivity index is 2.65. The first-order valence-electron chi connectivity index (χ1n) is 6.92. The molecule has 1 aromatic rings. The van der Waals surface area contributed by atoms with Gasteiger partial charge < -0.3 is 5.32 Å². The fourth-order valence-electron chi connectivity index (χ4n) is 1.66. The van der Waals surface area contributed by atoms with Gasteiger partial charge in [-0.2, -0.15) is 0 Å². The van der Waals surface area contributed by atoms with Gasteiger partial charge in [-0.25, -0.2) is 0 Å². The minimum absolute atomic E-state index is 0.0331. The first-order valence-corrected chi connectivity index (χ1v) is 6.92. The van der Waals surface area contributed by atoms with Crippen LogP contribution in [0.1, 0.15) is 52.2 Å². The SMILES string of the molecule is CCC(C)NC(=O)/C=C/c1ccc(C(C)(C)C)cc1. The van der Waals surface area contributed by atoms with Crippen molar-refractivity contribution in [2.45, 2.75) is 52.5 Å². The summed E-state index contributed by atoms with van der Waals surface area (Å²) >= 11 is 0. The lowest BCUT2D eigenvalue weighted by Crippen LogP contribution is -2.30. The topological polar surface area (TPSA) is 29.1 Å². The van der Waals surface area contributed by atoms with E-state index in [2.05, 4.69) is 45.1 Å². The molecule has 0 saturated heterocycles. The average Bonchev–Trinajstić information content (AvgIpc) is 2.35. The van der Waals surface area contributed by atoms with E-state index in [0.29, 0.717) is 0 Å². The number of carbonyl (C=O) groups excluding carboxylic acids is 1. The van der Waals surface area contributed by atoms with Crippen molar-refractivity contribution in [3.63, 3.8) is 0 Å². The van der Waals surface area contributed by atoms with Crippen molar-refractivity contribution < 1.29 is 4.79 Å². The molecule has 1 amide bonds. The van der Waals surface area contributed by atoms with Crippen LogP contribution < -0.4 is 5.32 Å². The van der Waals surface area contributed by atoms with Crippen LogP contribution in [0.5, 0.6) is 0 Å². The molecule has 0 bridgehead atoms. The van der Waals surface area contributed by atoms with Gasteiger partial charge in [-0.3, -0.25) is 4.79 Å². The number of hydrogen-bond acceptors (Lipinski definition) is 1. The molecular formula is C17H25NO. The third-order valence-electron chi connectivity index (χ3n) is 3.20. The number of rotatable bonds is 4. The minimum atomic E-state index is -0.0331. The summed E-state index contributed by atoms with van der Waals surface area (Å²) in [5, 5.41) is 2.91. The molecule has 0 aliphatic carbocycles. The van der Waals surface area contributed by atoms with Gasteiger partial charge in [0.25, 0.3) is 0 Å². The molecule has 1 rings (SSSR count). The molecule has 0 radical (unpaired) electrons. The molecule has 0 heterocycles. The third kappa shape index (κ3) is 5.29. The van der Waals surface area contributed by atoms with Gasteiger partial charge in [0, 0.05) is 12.1 Å². The summed E-state index contributed by atoms with van der Waals surface area (Å²) in [6, 6.07) is 8.56. The fraction of sp³-hybridized carbons (Fsp3) is 0.471. The number of benzene rings is 1. The van der Waals surface area contributed by atoms with Crippen LogP contribution in [-0.4, -0.2) is 11.9 Å². The molecule has 19 heavy (non-hydrogen) atoms. The van der Waals surface area contributed by atoms with E-state index in [1.54, 1.807) is 6.08 Å². The Labute approximate surface area is 116 Å². The molecule has 104 valence electrons. The predicted octanol–water partition coefficient (Wildman–Crippen LogP) is 3.91. The van der Waals surface area contributed by atoms with Crippen molar-refractivity contribution in [2.24, 2.45) is 0 Å². The molecule has 0 aliphatic heterocycles. The Morgan fingerprint density at radius 1 is 1.26 bits per heavy atom. The summed E-state index contributed by atoms with van der Waals surface area (Å²) in [4.78, 5) is 11.6. The Hall–Kier alpha value is -1.57. The van der Waals surface area contributed by atoms with Crippen LogP contribution in [-0.2, 0) is 10.2 Å². The highest BCUT2D eigenvalue weighted by molar-refractivity contribution is 5.91. The van der Waals surface area contributed by atoms with E-state index in [9.17, 15) is 4.79 Å². The smallest absolute Gasteiger partial charge is 0.244 e. The van der Waals surface area contributed by atoms with Gasteiger partial charge in [0.05, 0.1) is 0 Å². The molecule has 1 N–H and O–H groups in total. The third-order valence-corrected chi connectivity index (χ3v) is 3.20. The monoisotopic (exact) mass is 259 g/mol. The van der Waals surface area contributed by atoms with E-state index in [4.69, 9.17) is 0 Å². The highest BCUT2D eigenvalue weighted by Crippen LogP contribution is 2.22. The van der Waals surface area contributed by atoms with Gasteiger partial charge in [-0.15, -0.1) is 0 Å². The normalized spacial score (nSPS) is 13.5. The zero-order valence-electron chi connectivity index (χ0n) is 12.7. The molecule has 0 aliphatic rings. The Morgan fingerprint density at radius 2 is 1.84 bits per heavy atom. The average molecular weight is 259 g/mol. The van der Waals surface area contributed by atoms with Crippen molar-refractivity contribution in [3.05, 3.63) is 41.5 Å². The summed E-state index contributed by atoms with van der Waals surface area (Å²) in [6.45, 7) is 10.6. The van der Waals surface area contributed by atoms with Crippen LogP contribution >= 0.6 is 0 Å². The van der Waals surface area contributed by atoms with E-state index in [1.807, 2.05) is 25.1 Å². The quantitative estimate of drug-likeness (QED) is 0.816. The number of hydrogen-bond donors (Lipinski definition) is 1. The first kappa shape index (κ1) is 15.5. The van der Waals surface area contributed by atoms with Gasteiger partial charge in [-0.05, 0) is 36.0 Å². The fourth-order valence-corrected chi connectivity index (χ4v) is 1.66. The number of carbonyl (C=O) groups is 1. The van der Waals surface area contributed by atoms with Crippen molar-refractivity contribution >= 4 is 12.0 Å². The highest BCUT2D eigenvalue weighted by Gasteiger charge is 2.12. The molecule has 2 heteroatoms. The molecule has 0 fully saturated rings. The molecule has 1 unspecified atom stereocenters. The summed E-state index contributed by atoms with van der Waals surface area (Å²) < 4.78 is 0. The van der Waals surface area contributed by atoms with Crippen molar-refractivity contribution in [3.8, 4) is 0 Å². The van der Waals surface area contributed by atoms with Gasteiger partial charge in [0.2, 0.25) is 5.91 Å². The molecule has 2 nitrogen and oxygen atoms in total. The van der Waals surface area contributed by atoms with Gasteiger partial charge in [0.1, 0.15) is 0 Å². The summed E-state index contributed by atoms with van der Waals surface area (Å²) in [6.07, 6.45) is 4.39. The predicted molar refractivity (Wildman–Crippen MR) is 82.1 cm³/mol. The second-order valence-electron chi connectivity index (χ2n) is 6.02. The first-order chi connectivity index (χ1) is 8.82. The maximum atomic E-state index is 11.6.